The number of rotatable bonds is 9. The highest BCUT2D eigenvalue weighted by atomic mass is 19.4. The second kappa shape index (κ2) is 11.7. The fraction of sp³-hybridized carbons (Fsp3) is 0.400. The third-order valence-electron chi connectivity index (χ3n) is 4.82. The van der Waals surface area contributed by atoms with Gasteiger partial charge in [-0.05, 0) is 61.2 Å². The minimum absolute atomic E-state index is 0.105. The summed E-state index contributed by atoms with van der Waals surface area (Å²) in [4.78, 5) is 36.9. The molecule has 0 radical (unpaired) electrons. The van der Waals surface area contributed by atoms with Gasteiger partial charge in [0.15, 0.2) is 0 Å². The predicted molar refractivity (Wildman–Crippen MR) is 122 cm³/mol. The molecule has 184 valence electrons. The maximum atomic E-state index is 13.0. The van der Waals surface area contributed by atoms with Gasteiger partial charge in [0.1, 0.15) is 6.04 Å². The number of aryl methyl sites for hydroxylation is 1. The molecular weight excluding hydrogens is 449 g/mol. The van der Waals surface area contributed by atoms with Crippen molar-refractivity contribution in [2.75, 3.05) is 11.9 Å². The fourth-order valence-electron chi connectivity index (χ4n) is 3.30. The van der Waals surface area contributed by atoms with E-state index >= 15 is 0 Å². The highest BCUT2D eigenvalue weighted by Crippen LogP contribution is 2.30. The van der Waals surface area contributed by atoms with E-state index < -0.39 is 29.7 Å². The van der Waals surface area contributed by atoms with Gasteiger partial charge < -0.3 is 15.4 Å². The molecule has 0 aliphatic carbocycles. The summed E-state index contributed by atoms with van der Waals surface area (Å²) in [6.45, 7) is 7.13. The first-order valence-electron chi connectivity index (χ1n) is 10.9. The van der Waals surface area contributed by atoms with Crippen LogP contribution in [0.1, 0.15) is 54.2 Å². The summed E-state index contributed by atoms with van der Waals surface area (Å²) in [5.41, 5.74) is 0.403. The number of halogens is 3. The molecule has 2 rings (SSSR count). The van der Waals surface area contributed by atoms with Crippen molar-refractivity contribution in [3.63, 3.8) is 0 Å². The summed E-state index contributed by atoms with van der Waals surface area (Å²) >= 11 is 0. The van der Waals surface area contributed by atoms with Crippen LogP contribution in [0.4, 0.5) is 18.9 Å². The van der Waals surface area contributed by atoms with Gasteiger partial charge in [0.05, 0.1) is 12.2 Å². The number of ether oxygens (including phenoxy) is 1. The summed E-state index contributed by atoms with van der Waals surface area (Å²) in [6.07, 6.45) is -4.09. The first kappa shape index (κ1) is 26.9. The van der Waals surface area contributed by atoms with Crippen molar-refractivity contribution in [2.24, 2.45) is 5.92 Å². The number of hydrogen-bond donors (Lipinski definition) is 2. The van der Waals surface area contributed by atoms with Gasteiger partial charge in [0, 0.05) is 24.1 Å². The highest BCUT2D eigenvalue weighted by Gasteiger charge is 2.31. The molecule has 9 heteroatoms. The van der Waals surface area contributed by atoms with Gasteiger partial charge in [-0.1, -0.05) is 26.0 Å². The Hall–Kier alpha value is -3.36. The summed E-state index contributed by atoms with van der Waals surface area (Å²) in [5.74, 6) is -1.34. The molecule has 34 heavy (non-hydrogen) atoms. The van der Waals surface area contributed by atoms with Crippen molar-refractivity contribution in [3.05, 3.63) is 64.7 Å². The van der Waals surface area contributed by atoms with Gasteiger partial charge in [-0.2, -0.15) is 13.2 Å². The van der Waals surface area contributed by atoms with Crippen LogP contribution in [-0.2, 0) is 26.9 Å². The van der Waals surface area contributed by atoms with Gasteiger partial charge in [-0.15, -0.1) is 0 Å². The smallest absolute Gasteiger partial charge is 0.416 e. The van der Waals surface area contributed by atoms with Gasteiger partial charge >= 0.3 is 12.1 Å². The molecule has 0 saturated carbocycles. The van der Waals surface area contributed by atoms with Crippen LogP contribution in [0.25, 0.3) is 0 Å². The average molecular weight is 479 g/mol. The van der Waals surface area contributed by atoms with Crippen molar-refractivity contribution in [1.82, 2.24) is 5.32 Å². The molecule has 0 aromatic heterocycles. The topological polar surface area (TPSA) is 84.5 Å². The van der Waals surface area contributed by atoms with Crippen LogP contribution in [0, 0.1) is 12.8 Å². The summed E-state index contributed by atoms with van der Waals surface area (Å²) < 4.78 is 44.2. The zero-order chi connectivity index (χ0) is 25.5. The number of hydrogen-bond acceptors (Lipinski definition) is 4. The highest BCUT2D eigenvalue weighted by molar-refractivity contribution is 6.04. The number of nitrogens with one attached hydrogen (secondary N) is 2. The Morgan fingerprint density at radius 2 is 1.68 bits per heavy atom. The van der Waals surface area contributed by atoms with E-state index in [1.165, 1.54) is 13.0 Å². The molecule has 2 N–H and O–H groups in total. The van der Waals surface area contributed by atoms with Crippen molar-refractivity contribution >= 4 is 23.5 Å². The number of carbonyl (C=O) groups is 3. The van der Waals surface area contributed by atoms with Crippen LogP contribution in [0.5, 0.6) is 0 Å². The number of esters is 1. The van der Waals surface area contributed by atoms with E-state index in [4.69, 9.17) is 4.74 Å². The standard InChI is InChI=1S/C25H29F3N2O4/c1-5-34-24(33)21(30-22(31)10-15(2)3)13-17-6-8-20(9-7-17)29-23(32)18-11-16(4)12-19(14-18)25(26,27)28/h6-9,11-12,14-15,21H,5,10,13H2,1-4H3,(H,29,32)(H,30,31). The number of carbonyl (C=O) groups excluding carboxylic acids is 3. The molecule has 0 spiro atoms. The molecule has 2 aromatic carbocycles. The number of alkyl halides is 3. The third kappa shape index (κ3) is 8.20. The van der Waals surface area contributed by atoms with Crippen molar-refractivity contribution in [2.45, 2.75) is 52.8 Å². The Kier molecular flexibility index (Phi) is 9.23. The molecule has 1 unspecified atom stereocenters. The van der Waals surface area contributed by atoms with Gasteiger partial charge in [0.2, 0.25) is 5.91 Å². The largest absolute Gasteiger partial charge is 0.464 e. The van der Waals surface area contributed by atoms with E-state index in [0.29, 0.717) is 16.8 Å². The van der Waals surface area contributed by atoms with Crippen molar-refractivity contribution in [1.29, 1.82) is 0 Å². The van der Waals surface area contributed by atoms with Gasteiger partial charge in [-0.25, -0.2) is 4.79 Å². The Morgan fingerprint density at radius 1 is 1.03 bits per heavy atom. The lowest BCUT2D eigenvalue weighted by Crippen LogP contribution is -2.43. The van der Waals surface area contributed by atoms with E-state index in [9.17, 15) is 27.6 Å². The average Bonchev–Trinajstić information content (AvgIpc) is 2.73. The van der Waals surface area contributed by atoms with E-state index in [2.05, 4.69) is 10.6 Å². The maximum Gasteiger partial charge on any atom is 0.416 e. The number of anilines is 1. The van der Waals surface area contributed by atoms with E-state index in [0.717, 1.165) is 12.1 Å². The Bertz CT molecular complexity index is 1020. The van der Waals surface area contributed by atoms with E-state index in [1.54, 1.807) is 31.2 Å². The summed E-state index contributed by atoms with van der Waals surface area (Å²) in [7, 11) is 0. The van der Waals surface area contributed by atoms with Crippen molar-refractivity contribution < 1.29 is 32.3 Å². The monoisotopic (exact) mass is 478 g/mol. The van der Waals surface area contributed by atoms with Crippen LogP contribution in [-0.4, -0.2) is 30.4 Å². The third-order valence-corrected chi connectivity index (χ3v) is 4.82. The first-order valence-corrected chi connectivity index (χ1v) is 10.9. The minimum atomic E-state index is -4.55. The molecule has 0 saturated heterocycles. The number of amides is 2. The Morgan fingerprint density at radius 3 is 2.24 bits per heavy atom. The maximum absolute atomic E-state index is 13.0. The minimum Gasteiger partial charge on any atom is -0.464 e. The molecule has 1 atom stereocenters. The van der Waals surface area contributed by atoms with Crippen molar-refractivity contribution in [3.8, 4) is 0 Å². The summed E-state index contributed by atoms with van der Waals surface area (Å²) in [6, 6.07) is 8.77. The zero-order valence-corrected chi connectivity index (χ0v) is 19.6. The Balaban J connectivity index is 2.11. The Labute approximate surface area is 196 Å². The second-order valence-electron chi connectivity index (χ2n) is 8.41. The lowest BCUT2D eigenvalue weighted by Gasteiger charge is -2.18. The molecule has 0 heterocycles. The van der Waals surface area contributed by atoms with E-state index in [-0.39, 0.29) is 36.8 Å². The molecule has 2 amide bonds. The van der Waals surface area contributed by atoms with Gasteiger partial charge in [0.25, 0.3) is 5.91 Å². The summed E-state index contributed by atoms with van der Waals surface area (Å²) in [5, 5.41) is 5.27. The van der Waals surface area contributed by atoms with Crippen LogP contribution in [0.3, 0.4) is 0 Å². The van der Waals surface area contributed by atoms with Gasteiger partial charge in [-0.3, -0.25) is 9.59 Å². The quantitative estimate of drug-likeness (QED) is 0.502. The first-order chi connectivity index (χ1) is 15.9. The molecule has 0 aliphatic rings. The molecule has 6 nitrogen and oxygen atoms in total. The molecule has 0 aliphatic heterocycles. The van der Waals surface area contributed by atoms with Crippen LogP contribution in [0.15, 0.2) is 42.5 Å². The molecule has 2 aromatic rings. The van der Waals surface area contributed by atoms with Crippen LogP contribution < -0.4 is 10.6 Å². The lowest BCUT2D eigenvalue weighted by molar-refractivity contribution is -0.147. The zero-order valence-electron chi connectivity index (χ0n) is 19.6. The molecule has 0 bridgehead atoms. The lowest BCUT2D eigenvalue weighted by atomic mass is 10.0. The van der Waals surface area contributed by atoms with Crippen LogP contribution >= 0.6 is 0 Å². The second-order valence-corrected chi connectivity index (χ2v) is 8.41. The normalized spacial score (nSPS) is 12.2. The predicted octanol–water partition coefficient (Wildman–Crippen LogP) is 4.90. The SMILES string of the molecule is CCOC(=O)C(Cc1ccc(NC(=O)c2cc(C)cc(C(F)(F)F)c2)cc1)NC(=O)CC(C)C. The van der Waals surface area contributed by atoms with E-state index in [1.807, 2.05) is 13.8 Å². The van der Waals surface area contributed by atoms with Crippen LogP contribution in [0.2, 0.25) is 0 Å². The number of benzene rings is 2. The molecule has 0 fully saturated rings. The fourth-order valence-corrected chi connectivity index (χ4v) is 3.30. The molecular formula is C25H29F3N2O4.